The van der Waals surface area contributed by atoms with Gasteiger partial charge in [-0.1, -0.05) is 20.6 Å². The van der Waals surface area contributed by atoms with Gasteiger partial charge in [0.2, 0.25) is 0 Å². The fourth-order valence-electron chi connectivity index (χ4n) is 13.3. The van der Waals surface area contributed by atoms with Gasteiger partial charge < -0.3 is 59.0 Å². The standard InChI is InChI=1S/2C21H18F3N3O2.2C18H16F2N4O2S/c2*1-11-7-14(4-6-17(11)23)25-21(28)27-10-16-19(8-12(27)2)26-29-20(16)15-5-3-13(22)9-18(15)24;1-9-3-12(5-14(19)16(9)20)22-18(25)24-7-13-15(4-10(24)2)23-26-17(13)11-6-21-27-8-11;1-9-5-11(7-13(19)16(9)20)21-18(25)24-8-12-15(6-10(24)2)22-26-17(12)14-3-4-27-23-14/h2*3-7,9,12H,8,10H2,1-2H3,(H,25,28);3,5-6,8,10H,4,7H2,1-2H3,(H,22,25);3-5,7,10H,6,8H2,1-2H3,(H,21,25). The lowest BCUT2D eigenvalue weighted by molar-refractivity contribution is 0.181. The number of hydrogen-bond acceptors (Lipinski definition) is 16. The average Bonchev–Trinajstić information content (AvgIpc) is 1.59. The maximum absolute atomic E-state index is 14.2. The summed E-state index contributed by atoms with van der Waals surface area (Å²) in [5, 5.41) is 30.8. The Kier molecular flexibility index (Phi) is 22.8. The summed E-state index contributed by atoms with van der Waals surface area (Å²) in [7, 11) is 0. The van der Waals surface area contributed by atoms with Crippen LogP contribution in [0, 0.1) is 85.9 Å². The third-order valence-corrected chi connectivity index (χ3v) is 20.5. The van der Waals surface area contributed by atoms with Crippen LogP contribution in [0.3, 0.4) is 0 Å². The molecule has 4 aliphatic rings. The Balaban J connectivity index is 0.000000131. The van der Waals surface area contributed by atoms with Crippen LogP contribution in [-0.4, -0.2) is 97.3 Å². The summed E-state index contributed by atoms with van der Waals surface area (Å²) in [6.45, 7) is 14.6. The van der Waals surface area contributed by atoms with Gasteiger partial charge in [0, 0.05) is 130 Å². The highest BCUT2D eigenvalue weighted by Gasteiger charge is 2.38. The van der Waals surface area contributed by atoms with Gasteiger partial charge in [-0.3, -0.25) is 0 Å². The number of aryl methyl sites for hydroxylation is 4. The number of aromatic nitrogens is 6. The highest BCUT2D eigenvalue weighted by molar-refractivity contribution is 7.04. The van der Waals surface area contributed by atoms with Gasteiger partial charge in [0.05, 0.1) is 71.8 Å². The molecule has 22 nitrogen and oxygen atoms in total. The first-order chi connectivity index (χ1) is 53.5. The van der Waals surface area contributed by atoms with Crippen LogP contribution in [-0.2, 0) is 51.9 Å². The SMILES string of the molecule is Cc1cc(NC(=O)N2Cc3c(noc3-c3ccc(F)cc3F)CC2C)ccc1F.Cc1cc(NC(=O)N2Cc3c(noc3-c3ccc(F)cc3F)CC2C)ccc1F.Cc1cc(NC(=O)N2Cc3c(noc3-c3ccsn3)CC2C)cc(F)c1F.Cc1cc(NC(=O)N2Cc3c(noc3-c3cnsc3)CC2C)cc(F)c1F. The monoisotopic (exact) mass is 1580 g/mol. The molecule has 8 amide bonds. The molecule has 16 rings (SSSR count). The van der Waals surface area contributed by atoms with E-state index in [-0.39, 0.29) is 106 Å². The maximum Gasteiger partial charge on any atom is 0.322 e. The molecule has 0 aliphatic carbocycles. The fraction of sp³-hybridized carbons (Fsp3) is 0.256. The van der Waals surface area contributed by atoms with Crippen molar-refractivity contribution < 1.29 is 81.2 Å². The Morgan fingerprint density at radius 2 is 0.750 bits per heavy atom. The zero-order valence-electron chi connectivity index (χ0n) is 60.8. The number of halogens is 10. The van der Waals surface area contributed by atoms with Crippen LogP contribution in [0.5, 0.6) is 0 Å². The Morgan fingerprint density at radius 1 is 0.393 bits per heavy atom. The molecule has 0 saturated heterocycles. The van der Waals surface area contributed by atoms with E-state index in [0.29, 0.717) is 101 Å². The number of rotatable bonds is 8. The van der Waals surface area contributed by atoms with Crippen molar-refractivity contribution in [3.8, 4) is 45.4 Å². The summed E-state index contributed by atoms with van der Waals surface area (Å²) in [6, 6.07) is 19.5. The van der Waals surface area contributed by atoms with Crippen molar-refractivity contribution >= 4 is 69.9 Å². The molecule has 12 aromatic rings. The van der Waals surface area contributed by atoms with E-state index in [0.717, 1.165) is 64.5 Å². The van der Waals surface area contributed by atoms with E-state index >= 15 is 0 Å². The fourth-order valence-corrected chi connectivity index (χ4v) is 14.3. The molecule has 0 bridgehead atoms. The predicted molar refractivity (Wildman–Crippen MR) is 394 cm³/mol. The van der Waals surface area contributed by atoms with E-state index in [9.17, 15) is 63.1 Å². The first-order valence-corrected chi connectivity index (χ1v) is 36.6. The van der Waals surface area contributed by atoms with Gasteiger partial charge in [0.15, 0.2) is 46.3 Å². The minimum absolute atomic E-state index is 0.0872. The average molecular weight is 1580 g/mol. The number of fused-ring (bicyclic) bond motifs is 4. The van der Waals surface area contributed by atoms with E-state index in [4.69, 9.17) is 18.1 Å². The van der Waals surface area contributed by atoms with Crippen LogP contribution in [0.4, 0.5) is 85.8 Å². The zero-order chi connectivity index (χ0) is 79.7. The normalized spacial score (nSPS) is 16.1. The van der Waals surface area contributed by atoms with Gasteiger partial charge in [-0.05, 0) is 180 Å². The molecule has 4 aliphatic heterocycles. The van der Waals surface area contributed by atoms with E-state index in [1.165, 1.54) is 85.4 Å². The second-order valence-corrected chi connectivity index (χ2v) is 28.7. The third-order valence-electron chi connectivity index (χ3n) is 19.4. The minimum atomic E-state index is -0.996. The summed E-state index contributed by atoms with van der Waals surface area (Å²) >= 11 is 2.61. The molecule has 6 aromatic heterocycles. The molecule has 34 heteroatoms. The van der Waals surface area contributed by atoms with Gasteiger partial charge in [-0.2, -0.15) is 4.37 Å². The molecule has 4 unspecified atom stereocenters. The summed E-state index contributed by atoms with van der Waals surface area (Å²) in [4.78, 5) is 57.5. The Bertz CT molecular complexity index is 5160. The molecular formula is C78H68F10N14O8S2. The highest BCUT2D eigenvalue weighted by atomic mass is 32.1. The Labute approximate surface area is 640 Å². The van der Waals surface area contributed by atoms with Gasteiger partial charge in [-0.25, -0.2) is 67.5 Å². The second kappa shape index (κ2) is 32.8. The topological polar surface area (TPSA) is 259 Å². The van der Waals surface area contributed by atoms with Crippen molar-refractivity contribution in [1.82, 2.24) is 49.0 Å². The van der Waals surface area contributed by atoms with Gasteiger partial charge in [-0.15, -0.1) is 0 Å². The summed E-state index contributed by atoms with van der Waals surface area (Å²) < 4.78 is 166. The van der Waals surface area contributed by atoms with Crippen molar-refractivity contribution in [2.24, 2.45) is 0 Å². The number of nitrogens with one attached hydrogen (secondary N) is 4. The molecule has 0 radical (unpaired) electrons. The Morgan fingerprint density at radius 3 is 1.10 bits per heavy atom. The van der Waals surface area contributed by atoms with Crippen LogP contribution in [0.1, 0.15) is 95.0 Å². The van der Waals surface area contributed by atoms with E-state index in [2.05, 4.69) is 50.6 Å². The lowest BCUT2D eigenvalue weighted by atomic mass is 9.97. The number of carbonyl (C=O) groups excluding carboxylic acids is 4. The number of carbonyl (C=O) groups is 4. The summed E-state index contributed by atoms with van der Waals surface area (Å²) in [5.41, 5.74) is 9.85. The van der Waals surface area contributed by atoms with Crippen LogP contribution in [0.2, 0.25) is 0 Å². The first kappa shape index (κ1) is 77.9. The van der Waals surface area contributed by atoms with Crippen LogP contribution < -0.4 is 21.3 Å². The first-order valence-electron chi connectivity index (χ1n) is 34.9. The van der Waals surface area contributed by atoms with Crippen molar-refractivity contribution in [3.05, 3.63) is 246 Å². The molecule has 6 aromatic carbocycles. The summed E-state index contributed by atoms with van der Waals surface area (Å²) in [5.74, 6) is -5.91. The number of benzene rings is 6. The molecule has 112 heavy (non-hydrogen) atoms. The van der Waals surface area contributed by atoms with Crippen LogP contribution in [0.25, 0.3) is 45.4 Å². The zero-order valence-corrected chi connectivity index (χ0v) is 62.5. The van der Waals surface area contributed by atoms with Crippen molar-refractivity contribution in [3.63, 3.8) is 0 Å². The maximum atomic E-state index is 14.2. The largest absolute Gasteiger partial charge is 0.356 e. The number of anilines is 4. The van der Waals surface area contributed by atoms with Crippen molar-refractivity contribution in [2.75, 3.05) is 21.3 Å². The van der Waals surface area contributed by atoms with Crippen molar-refractivity contribution in [1.29, 1.82) is 0 Å². The molecule has 10 heterocycles. The van der Waals surface area contributed by atoms with Gasteiger partial charge in [0.25, 0.3) is 0 Å². The highest BCUT2D eigenvalue weighted by Crippen LogP contribution is 2.39. The van der Waals surface area contributed by atoms with E-state index in [1.54, 1.807) is 51.8 Å². The molecule has 0 fully saturated rings. The lowest BCUT2D eigenvalue weighted by Gasteiger charge is -2.32. The predicted octanol–water partition coefficient (Wildman–Crippen LogP) is 18.8. The van der Waals surface area contributed by atoms with Gasteiger partial charge in [0.1, 0.15) is 40.6 Å². The molecule has 4 N–H and O–H groups in total. The molecule has 4 atom stereocenters. The van der Waals surface area contributed by atoms with E-state index in [1.807, 2.05) is 44.5 Å². The second-order valence-electron chi connectivity index (χ2n) is 27.3. The van der Waals surface area contributed by atoms with Crippen LogP contribution in [0.15, 0.2) is 138 Å². The molecule has 0 spiro atoms. The quantitative estimate of drug-likeness (QED) is 0.103. The number of urea groups is 4. The third kappa shape index (κ3) is 16.8. The Hall–Kier alpha value is -12.2. The lowest BCUT2D eigenvalue weighted by Crippen LogP contribution is -2.44. The number of hydrogen-bond donors (Lipinski definition) is 4. The number of nitrogens with zero attached hydrogens (tertiary/aromatic N) is 10. The van der Waals surface area contributed by atoms with Crippen molar-refractivity contribution in [2.45, 2.75) is 131 Å². The summed E-state index contributed by atoms with van der Waals surface area (Å²) in [6.07, 6.45) is 3.63. The minimum Gasteiger partial charge on any atom is -0.356 e. The van der Waals surface area contributed by atoms with E-state index < -0.39 is 58.6 Å². The smallest absolute Gasteiger partial charge is 0.322 e. The van der Waals surface area contributed by atoms with Crippen LogP contribution >= 0.6 is 23.1 Å². The molecule has 0 saturated carbocycles. The molecule has 580 valence electrons. The van der Waals surface area contributed by atoms with Gasteiger partial charge >= 0.3 is 24.1 Å². The number of amides is 8. The molecular weight excluding hydrogens is 1520 g/mol.